The number of urea groups is 1. The van der Waals surface area contributed by atoms with E-state index in [-0.39, 0.29) is 9.80 Å². The molecule has 5 nitrogen and oxygen atoms in total. The predicted molar refractivity (Wildman–Crippen MR) is 121 cm³/mol. The molecule has 1 aliphatic heterocycles. The van der Waals surface area contributed by atoms with Crippen LogP contribution in [0.1, 0.15) is 76.1 Å². The number of nitrogens with one attached hydrogen (secondary N) is 1. The van der Waals surface area contributed by atoms with Gasteiger partial charge in [-0.1, -0.05) is 37.9 Å². The predicted octanol–water partition coefficient (Wildman–Crippen LogP) is 4.67. The van der Waals surface area contributed by atoms with Gasteiger partial charge in [0.15, 0.2) is 0 Å². The van der Waals surface area contributed by atoms with Gasteiger partial charge >= 0.3 is 6.03 Å². The molecule has 1 heterocycles. The zero-order valence-electron chi connectivity index (χ0n) is 43.6. The van der Waals surface area contributed by atoms with E-state index in [1.54, 1.807) is 0 Å². The average molecular weight is 456 g/mol. The van der Waals surface area contributed by atoms with Gasteiger partial charge in [0.1, 0.15) is 11.6 Å². The molecule has 0 aliphatic carbocycles. The number of nitrogens with zero attached hydrogens (tertiary/aromatic N) is 2. The van der Waals surface area contributed by atoms with Crippen LogP contribution >= 0.6 is 0 Å². The monoisotopic (exact) mass is 455 g/mol. The number of amides is 2. The summed E-state index contributed by atoms with van der Waals surface area (Å²) in [5.74, 6) is -7.46. The Morgan fingerprint density at radius 2 is 1.97 bits per heavy atom. The third-order valence-corrected chi connectivity index (χ3v) is 3.53. The summed E-state index contributed by atoms with van der Waals surface area (Å²) in [5, 5.41) is 1.51. The fourth-order valence-electron chi connectivity index (χ4n) is 2.18. The molecule has 2 aromatic rings. The maximum atomic E-state index is 14.5. The number of likely N-dealkylation sites (tertiary alicyclic amines) is 1. The molecule has 6 heteroatoms. The van der Waals surface area contributed by atoms with Crippen LogP contribution in [0.4, 0.5) is 9.18 Å². The van der Waals surface area contributed by atoms with Gasteiger partial charge in [0, 0.05) is 38.2 Å². The minimum Gasteiger partial charge on any atom is -0.493 e. The van der Waals surface area contributed by atoms with Crippen molar-refractivity contribution in [1.82, 2.24) is 15.1 Å². The normalized spacial score (nSPS) is 34.5. The lowest BCUT2D eigenvalue weighted by Crippen LogP contribution is -2.49. The van der Waals surface area contributed by atoms with Crippen molar-refractivity contribution in [3.8, 4) is 5.75 Å². The van der Waals surface area contributed by atoms with Crippen LogP contribution in [-0.4, -0.2) is 48.4 Å². The van der Waals surface area contributed by atoms with E-state index in [2.05, 4.69) is 0 Å². The van der Waals surface area contributed by atoms with Crippen molar-refractivity contribution in [1.29, 1.82) is 0 Å². The van der Waals surface area contributed by atoms with E-state index in [1.165, 1.54) is 5.32 Å². The first kappa shape index (κ1) is 6.25. The molecule has 0 spiro atoms. The Bertz CT molecular complexity index is 1900. The Morgan fingerprint density at radius 1 is 1.29 bits per heavy atom. The molecule has 2 aromatic carbocycles. The largest absolute Gasteiger partial charge is 0.493 e. The van der Waals surface area contributed by atoms with Crippen molar-refractivity contribution in [3.63, 3.8) is 0 Å². The second-order valence-corrected chi connectivity index (χ2v) is 5.72. The van der Waals surface area contributed by atoms with Gasteiger partial charge in [0.25, 0.3) is 0 Å². The van der Waals surface area contributed by atoms with Crippen molar-refractivity contribution >= 4 is 6.03 Å². The van der Waals surface area contributed by atoms with Crippen LogP contribution in [0.3, 0.4) is 0 Å². The Balaban J connectivity index is 2.30. The third kappa shape index (κ3) is 7.24. The summed E-state index contributed by atoms with van der Waals surface area (Å²) in [4.78, 5) is 13.8. The summed E-state index contributed by atoms with van der Waals surface area (Å²) in [6.45, 7) is -29.9. The van der Waals surface area contributed by atoms with E-state index in [9.17, 15) is 9.18 Å². The Labute approximate surface area is 224 Å². The van der Waals surface area contributed by atoms with Crippen molar-refractivity contribution in [2.75, 3.05) is 26.5 Å². The summed E-state index contributed by atoms with van der Waals surface area (Å²) in [6, 6.07) is -16.4. The molecular formula is C25H34FN3O2. The van der Waals surface area contributed by atoms with E-state index in [1.807, 2.05) is 0 Å². The highest BCUT2D eigenvalue weighted by Crippen LogP contribution is 2.19. The molecular weight excluding hydrogens is 393 g/mol. The molecule has 2 amide bonds. The van der Waals surface area contributed by atoms with Crippen molar-refractivity contribution in [3.05, 3.63) is 65.3 Å². The molecule has 1 N–H and O–H groups in total. The van der Waals surface area contributed by atoms with Crippen LogP contribution in [0.15, 0.2) is 48.3 Å². The van der Waals surface area contributed by atoms with E-state index in [0.29, 0.717) is 0 Å². The Morgan fingerprint density at radius 3 is 2.61 bits per heavy atom. The lowest BCUT2D eigenvalue weighted by Gasteiger charge is -2.37. The van der Waals surface area contributed by atoms with Crippen LogP contribution in [0, 0.1) is 11.7 Å². The first-order valence-corrected chi connectivity index (χ1v) is 8.45. The fourth-order valence-corrected chi connectivity index (χ4v) is 2.18. The van der Waals surface area contributed by atoms with Gasteiger partial charge in [-0.05, 0) is 74.0 Å². The molecule has 0 bridgehead atoms. The number of benzene rings is 2. The maximum Gasteiger partial charge on any atom is 0.318 e. The number of halogens is 1. The van der Waals surface area contributed by atoms with Gasteiger partial charge in [-0.3, -0.25) is 0 Å². The third-order valence-electron chi connectivity index (χ3n) is 3.53. The van der Waals surface area contributed by atoms with Gasteiger partial charge in [0.05, 0.1) is 25.7 Å². The van der Waals surface area contributed by atoms with E-state index < -0.39 is 155 Å². The van der Waals surface area contributed by atoms with Crippen LogP contribution in [0.2, 0.25) is 0 Å². The quantitative estimate of drug-likeness (QED) is 0.629. The highest BCUT2D eigenvalue weighted by atomic mass is 19.1. The van der Waals surface area contributed by atoms with Crippen LogP contribution in [0.25, 0.3) is 0 Å². The number of rotatable bonds is 8. The molecule has 1 saturated heterocycles. The minimum atomic E-state index is -4.16. The number of carbonyl (C=O) groups excluding carboxylic acids is 1. The molecule has 0 atom stereocenters. The number of ether oxygens (including phenoxy) is 1. The molecule has 0 unspecified atom stereocenters. The molecule has 0 radical (unpaired) electrons. The smallest absolute Gasteiger partial charge is 0.318 e. The van der Waals surface area contributed by atoms with Crippen LogP contribution in [0.5, 0.6) is 5.75 Å². The highest BCUT2D eigenvalue weighted by Gasteiger charge is 2.27. The van der Waals surface area contributed by atoms with Crippen molar-refractivity contribution in [2.45, 2.75) is 45.6 Å². The minimum absolute atomic E-state index is 0.209. The molecule has 31 heavy (non-hydrogen) atoms. The number of hydrogen-bond acceptors (Lipinski definition) is 3. The average Bonchev–Trinajstić information content (AvgIpc) is 2.99. The first-order chi connectivity index (χ1) is 26.0. The van der Waals surface area contributed by atoms with Crippen LogP contribution < -0.4 is 10.1 Å². The standard InChI is InChI=1S/C25H34FN3O2/c1-19(2)18-31-24-10-6-20(7-11-24)16-27-25(30)29(23-12-14-28(3)15-13-23)17-21-4-8-22(26)9-5-21/h4-11,19,23H,12-18H2,1-3H3,(H,27,30)/i1D3,2D3,3D3,4D,5D,6D,7D,8D,9D,10D,11D,14D2,15D2,16D2,17D2,18D2,19D. The molecule has 3 rings (SSSR count). The van der Waals surface area contributed by atoms with Gasteiger partial charge in [-0.15, -0.1) is 0 Å². The van der Waals surface area contributed by atoms with Gasteiger partial charge in [-0.2, -0.15) is 0 Å². The number of hydrogen-bond donors (Lipinski definition) is 1. The van der Waals surface area contributed by atoms with E-state index in [0.717, 1.165) is 0 Å². The lowest BCUT2D eigenvalue weighted by molar-refractivity contribution is 0.127. The zero-order chi connectivity index (χ0) is 46.6. The number of carbonyl (C=O) groups is 1. The highest BCUT2D eigenvalue weighted by molar-refractivity contribution is 5.74. The van der Waals surface area contributed by atoms with Crippen molar-refractivity contribution in [2.24, 2.45) is 5.89 Å². The number of piperidine rings is 1. The summed E-state index contributed by atoms with van der Waals surface area (Å²) in [6.07, 6.45) is -2.63. The Kier molecular flexibility index (Phi) is 2.25. The molecule has 168 valence electrons. The van der Waals surface area contributed by atoms with Gasteiger partial charge in [-0.25, -0.2) is 9.18 Å². The fraction of sp³-hybridized carbons (Fsp3) is 0.480. The van der Waals surface area contributed by atoms with E-state index >= 15 is 0 Å². The molecule has 0 saturated carbocycles. The second-order valence-electron chi connectivity index (χ2n) is 5.72. The molecule has 1 fully saturated rings. The SMILES string of the molecule is [2H]c1c([2H])c(C([2H])([2H])N(C(=O)NC([2H])([2H])c2c([2H])c([2H])c(OC([2H])([2H])C([2H])(C([2H])([2H])[2H])C([2H])([2H])[2H])c([2H])c2[2H])C2CC([2H])([2H])N(C([2H])([2H])[2H])C([2H])([2H])C2)c([2H])c([2H])c1F. The van der Waals surface area contributed by atoms with E-state index in [4.69, 9.17) is 43.1 Å². The molecule has 1 aliphatic rings. The lowest BCUT2D eigenvalue weighted by atomic mass is 10.0. The van der Waals surface area contributed by atoms with Gasteiger partial charge in [0.2, 0.25) is 0 Å². The van der Waals surface area contributed by atoms with Crippen LogP contribution in [-0.2, 0) is 13.0 Å². The summed E-state index contributed by atoms with van der Waals surface area (Å²) in [5.41, 5.74) is -2.89. The Hall–Kier alpha value is -2.60. The summed E-state index contributed by atoms with van der Waals surface area (Å²) >= 11 is 0. The van der Waals surface area contributed by atoms with Crippen molar-refractivity contribution < 1.29 is 52.3 Å². The second kappa shape index (κ2) is 11.1. The van der Waals surface area contributed by atoms with Gasteiger partial charge < -0.3 is 19.9 Å². The molecule has 0 aromatic heterocycles. The first-order valence-electron chi connectivity index (χ1n) is 22.5. The summed E-state index contributed by atoms with van der Waals surface area (Å²) in [7, 11) is 0. The summed E-state index contributed by atoms with van der Waals surface area (Å²) < 4.78 is 246. The zero-order valence-corrected chi connectivity index (χ0v) is 15.6. The topological polar surface area (TPSA) is 44.8 Å². The maximum absolute atomic E-state index is 14.5.